The fraction of sp³-hybridized carbons (Fsp3) is 0.632. The molecule has 1 aliphatic rings. The van der Waals surface area contributed by atoms with Crippen molar-refractivity contribution in [1.29, 1.82) is 0 Å². The van der Waals surface area contributed by atoms with Crippen LogP contribution in [0.5, 0.6) is 0 Å². The van der Waals surface area contributed by atoms with Gasteiger partial charge in [-0.05, 0) is 56.3 Å². The molecule has 25 heavy (non-hydrogen) atoms. The molecule has 0 spiro atoms. The van der Waals surface area contributed by atoms with Gasteiger partial charge in [0.1, 0.15) is 5.82 Å². The van der Waals surface area contributed by atoms with Gasteiger partial charge in [-0.1, -0.05) is 28.9 Å². The molecular formula is C19H30BrFN4. The van der Waals surface area contributed by atoms with Crippen molar-refractivity contribution in [1.82, 2.24) is 15.5 Å². The number of likely N-dealkylation sites (tertiary alicyclic amines) is 1. The smallest absolute Gasteiger partial charge is 0.191 e. The molecule has 0 unspecified atom stereocenters. The fourth-order valence-corrected chi connectivity index (χ4v) is 3.55. The molecular weight excluding hydrogens is 383 g/mol. The lowest BCUT2D eigenvalue weighted by molar-refractivity contribution is 0.206. The normalized spacial score (nSPS) is 16.9. The summed E-state index contributed by atoms with van der Waals surface area (Å²) in [7, 11) is 1.80. The minimum absolute atomic E-state index is 0.143. The van der Waals surface area contributed by atoms with Gasteiger partial charge in [0.2, 0.25) is 0 Å². The van der Waals surface area contributed by atoms with Crippen molar-refractivity contribution in [3.8, 4) is 0 Å². The van der Waals surface area contributed by atoms with Gasteiger partial charge in [0, 0.05) is 37.2 Å². The van der Waals surface area contributed by atoms with Crippen LogP contribution in [-0.2, 0) is 6.42 Å². The number of benzene rings is 1. The number of halogens is 2. The number of rotatable bonds is 7. The van der Waals surface area contributed by atoms with Gasteiger partial charge < -0.3 is 15.5 Å². The number of aliphatic imine (C=N–C) groups is 1. The molecule has 6 heteroatoms. The van der Waals surface area contributed by atoms with Crippen molar-refractivity contribution in [3.63, 3.8) is 0 Å². The number of guanidine groups is 1. The zero-order valence-electron chi connectivity index (χ0n) is 15.3. The van der Waals surface area contributed by atoms with E-state index in [1.165, 1.54) is 19.0 Å². The molecule has 1 aliphatic heterocycles. The largest absolute Gasteiger partial charge is 0.356 e. The van der Waals surface area contributed by atoms with E-state index in [9.17, 15) is 4.39 Å². The molecule has 140 valence electrons. The Labute approximate surface area is 159 Å². The summed E-state index contributed by atoms with van der Waals surface area (Å²) in [4.78, 5) is 6.84. The number of aryl methyl sites for hydroxylation is 1. The summed E-state index contributed by atoms with van der Waals surface area (Å²) in [5.41, 5.74) is 0.760. The van der Waals surface area contributed by atoms with Crippen LogP contribution in [-0.4, -0.2) is 50.1 Å². The first-order chi connectivity index (χ1) is 12.1. The Morgan fingerprint density at radius 1 is 1.36 bits per heavy atom. The molecule has 1 aromatic rings. The Morgan fingerprint density at radius 2 is 2.12 bits per heavy atom. The molecule has 0 aliphatic carbocycles. The Hall–Kier alpha value is -1.14. The highest BCUT2D eigenvalue weighted by atomic mass is 79.9. The second-order valence-electron chi connectivity index (χ2n) is 6.60. The van der Waals surface area contributed by atoms with Gasteiger partial charge in [-0.2, -0.15) is 0 Å². The van der Waals surface area contributed by atoms with E-state index in [-0.39, 0.29) is 5.82 Å². The second-order valence-corrected chi connectivity index (χ2v) is 7.51. The van der Waals surface area contributed by atoms with Crippen molar-refractivity contribution in [2.45, 2.75) is 45.1 Å². The van der Waals surface area contributed by atoms with Crippen molar-refractivity contribution in [2.75, 3.05) is 33.2 Å². The molecule has 1 heterocycles. The van der Waals surface area contributed by atoms with E-state index in [1.54, 1.807) is 7.05 Å². The predicted molar refractivity (Wildman–Crippen MR) is 107 cm³/mol. The molecule has 1 saturated heterocycles. The quantitative estimate of drug-likeness (QED) is 0.408. The minimum Gasteiger partial charge on any atom is -0.356 e. The molecule has 2 N–H and O–H groups in total. The van der Waals surface area contributed by atoms with Crippen LogP contribution in [0, 0.1) is 5.82 Å². The lowest BCUT2D eigenvalue weighted by Crippen LogP contribution is -2.48. The van der Waals surface area contributed by atoms with Gasteiger partial charge in [-0.15, -0.1) is 0 Å². The van der Waals surface area contributed by atoms with Crippen molar-refractivity contribution >= 4 is 21.9 Å². The van der Waals surface area contributed by atoms with E-state index in [4.69, 9.17) is 0 Å². The summed E-state index contributed by atoms with van der Waals surface area (Å²) >= 11 is 3.29. The highest BCUT2D eigenvalue weighted by Crippen LogP contribution is 2.16. The highest BCUT2D eigenvalue weighted by Gasteiger charge is 2.19. The number of nitrogens with zero attached hydrogens (tertiary/aromatic N) is 2. The number of piperidine rings is 1. The molecule has 4 nitrogen and oxygen atoms in total. The number of hydrogen-bond donors (Lipinski definition) is 2. The van der Waals surface area contributed by atoms with Gasteiger partial charge in [0.25, 0.3) is 0 Å². The number of hydrogen-bond acceptors (Lipinski definition) is 2. The van der Waals surface area contributed by atoms with E-state index >= 15 is 0 Å². The van der Waals surface area contributed by atoms with Crippen LogP contribution >= 0.6 is 15.9 Å². The van der Waals surface area contributed by atoms with Crippen LogP contribution in [0.3, 0.4) is 0 Å². The summed E-state index contributed by atoms with van der Waals surface area (Å²) in [6.07, 6.45) is 5.13. The van der Waals surface area contributed by atoms with Crippen molar-refractivity contribution in [2.24, 2.45) is 4.99 Å². The van der Waals surface area contributed by atoms with E-state index in [0.717, 1.165) is 61.3 Å². The molecule has 0 saturated carbocycles. The summed E-state index contributed by atoms with van der Waals surface area (Å²) in [5, 5.41) is 6.87. The Kier molecular flexibility index (Phi) is 8.68. The Balaban J connectivity index is 1.67. The summed E-state index contributed by atoms with van der Waals surface area (Å²) in [6, 6.07) is 5.74. The van der Waals surface area contributed by atoms with Crippen LogP contribution in [0.4, 0.5) is 4.39 Å². The lowest BCUT2D eigenvalue weighted by atomic mass is 10.1. The Morgan fingerprint density at radius 3 is 2.76 bits per heavy atom. The maximum atomic E-state index is 13.8. The van der Waals surface area contributed by atoms with Crippen LogP contribution in [0.2, 0.25) is 0 Å². The fourth-order valence-electron chi connectivity index (χ4n) is 3.22. The standard InChI is InChI=1S/C19H30BrFN4/c1-3-11-25-12-8-17(9-13-25)24-19(22-2)23-10-4-5-15-6-7-16(20)14-18(15)21/h6-7,14,17H,3-5,8-13H2,1-2H3,(H2,22,23,24). The molecule has 0 radical (unpaired) electrons. The molecule has 1 fully saturated rings. The van der Waals surface area contributed by atoms with Gasteiger partial charge in [-0.3, -0.25) is 4.99 Å². The summed E-state index contributed by atoms with van der Waals surface area (Å²) in [6.45, 7) is 6.53. The molecule has 0 amide bonds. The summed E-state index contributed by atoms with van der Waals surface area (Å²) < 4.78 is 14.6. The first-order valence-electron chi connectivity index (χ1n) is 9.25. The second kappa shape index (κ2) is 10.8. The first kappa shape index (κ1) is 20.2. The number of nitrogens with one attached hydrogen (secondary N) is 2. The van der Waals surface area contributed by atoms with Crippen LogP contribution in [0.25, 0.3) is 0 Å². The molecule has 1 aromatic carbocycles. The molecule has 0 bridgehead atoms. The zero-order valence-corrected chi connectivity index (χ0v) is 16.9. The zero-order chi connectivity index (χ0) is 18.1. The van der Waals surface area contributed by atoms with Crippen LogP contribution in [0.1, 0.15) is 38.2 Å². The van der Waals surface area contributed by atoms with Gasteiger partial charge in [0.05, 0.1) is 0 Å². The van der Waals surface area contributed by atoms with Crippen LogP contribution in [0.15, 0.2) is 27.7 Å². The SMILES string of the molecule is CCCN1CCC(NC(=NC)NCCCc2ccc(Br)cc2F)CC1. The third kappa shape index (κ3) is 6.94. The van der Waals surface area contributed by atoms with Gasteiger partial charge in [-0.25, -0.2) is 4.39 Å². The average molecular weight is 413 g/mol. The van der Waals surface area contributed by atoms with Crippen LogP contribution < -0.4 is 10.6 Å². The van der Waals surface area contributed by atoms with Gasteiger partial charge >= 0.3 is 0 Å². The molecule has 0 aromatic heterocycles. The maximum Gasteiger partial charge on any atom is 0.191 e. The summed E-state index contributed by atoms with van der Waals surface area (Å²) in [5.74, 6) is 0.709. The monoisotopic (exact) mass is 412 g/mol. The minimum atomic E-state index is -0.143. The molecule has 2 rings (SSSR count). The average Bonchev–Trinajstić information content (AvgIpc) is 2.61. The third-order valence-corrected chi connectivity index (χ3v) is 5.12. The third-order valence-electron chi connectivity index (χ3n) is 4.62. The van der Waals surface area contributed by atoms with Gasteiger partial charge in [0.15, 0.2) is 5.96 Å². The molecule has 0 atom stereocenters. The van der Waals surface area contributed by atoms with E-state index in [0.29, 0.717) is 6.04 Å². The first-order valence-corrected chi connectivity index (χ1v) is 10.0. The lowest BCUT2D eigenvalue weighted by Gasteiger charge is -2.32. The van der Waals surface area contributed by atoms with E-state index < -0.39 is 0 Å². The topological polar surface area (TPSA) is 39.7 Å². The van der Waals surface area contributed by atoms with Crippen molar-refractivity contribution < 1.29 is 4.39 Å². The highest BCUT2D eigenvalue weighted by molar-refractivity contribution is 9.10. The Bertz CT molecular complexity index is 556. The van der Waals surface area contributed by atoms with E-state index in [2.05, 4.69) is 43.4 Å². The maximum absolute atomic E-state index is 13.8. The van der Waals surface area contributed by atoms with E-state index in [1.807, 2.05) is 12.1 Å². The predicted octanol–water partition coefficient (Wildman–Crippen LogP) is 3.56. The van der Waals surface area contributed by atoms with Crippen molar-refractivity contribution in [3.05, 3.63) is 34.1 Å².